The Morgan fingerprint density at radius 3 is 2.89 bits per heavy atom. The van der Waals surface area contributed by atoms with Crippen molar-refractivity contribution >= 4 is 16.6 Å². The number of carbonyl (C=O) groups excluding carboxylic acids is 1. The van der Waals surface area contributed by atoms with Crippen molar-refractivity contribution in [2.24, 2.45) is 0 Å². The van der Waals surface area contributed by atoms with Gasteiger partial charge in [-0.3, -0.25) is 13.7 Å². The average molecular weight is 287 g/mol. The summed E-state index contributed by atoms with van der Waals surface area (Å²) in [7, 11) is -0.466. The van der Waals surface area contributed by atoms with Gasteiger partial charge in [0.05, 0.1) is 19.3 Å². The van der Waals surface area contributed by atoms with E-state index in [2.05, 4.69) is 15.6 Å². The van der Waals surface area contributed by atoms with Crippen molar-refractivity contribution in [2.45, 2.75) is 13.0 Å². The van der Waals surface area contributed by atoms with E-state index in [-0.39, 0.29) is 6.03 Å². The molecule has 1 aromatic heterocycles. The van der Waals surface area contributed by atoms with Crippen LogP contribution in [-0.4, -0.2) is 41.2 Å². The quantitative estimate of drug-likeness (QED) is 0.667. The van der Waals surface area contributed by atoms with Gasteiger partial charge in [0.2, 0.25) is 0 Å². The van der Waals surface area contributed by atoms with Crippen molar-refractivity contribution in [2.75, 3.05) is 25.7 Å². The fourth-order valence-corrected chi connectivity index (χ4v) is 2.21. The normalized spacial score (nSPS) is 15.3. The maximum absolute atomic E-state index is 11.5. The van der Waals surface area contributed by atoms with Crippen LogP contribution in [0.15, 0.2) is 24.4 Å². The van der Waals surface area contributed by atoms with E-state index in [0.29, 0.717) is 25.3 Å². The molecule has 1 rings (SSSR count). The van der Waals surface area contributed by atoms with E-state index < -0.39 is 10.6 Å². The maximum atomic E-state index is 11.5. The van der Waals surface area contributed by atoms with E-state index >= 15 is 0 Å². The van der Waals surface area contributed by atoms with E-state index in [1.165, 1.54) is 7.11 Å². The van der Waals surface area contributed by atoms with E-state index in [1.54, 1.807) is 12.5 Å². The summed E-state index contributed by atoms with van der Waals surface area (Å²) in [5.41, 5.74) is 0.810. The highest BCUT2D eigenvalue weighted by molar-refractivity contribution is 8.24. The lowest BCUT2D eigenvalue weighted by Gasteiger charge is -2.31. The largest absolute Gasteiger partial charge is 0.338 e. The lowest BCUT2D eigenvalue weighted by atomic mass is 10.3. The van der Waals surface area contributed by atoms with Gasteiger partial charge in [0.1, 0.15) is 0 Å². The Bertz CT molecular complexity index is 387. The minimum atomic E-state index is -1.95. The smallest absolute Gasteiger partial charge is 0.315 e. The van der Waals surface area contributed by atoms with Crippen molar-refractivity contribution in [3.63, 3.8) is 0 Å². The van der Waals surface area contributed by atoms with Gasteiger partial charge in [-0.15, -0.1) is 0 Å². The van der Waals surface area contributed by atoms with Crippen molar-refractivity contribution in [1.29, 1.82) is 0 Å². The summed E-state index contributed by atoms with van der Waals surface area (Å²) in [5, 5.41) is 5.43. The molecule has 1 unspecified atom stereocenters. The van der Waals surface area contributed by atoms with Gasteiger partial charge < -0.3 is 10.6 Å². The molecule has 0 aliphatic heterocycles. The molecule has 0 saturated heterocycles. The third-order valence-corrected chi connectivity index (χ3v) is 4.26. The van der Waals surface area contributed by atoms with Crippen LogP contribution in [0, 0.1) is 0 Å². The van der Waals surface area contributed by atoms with E-state index in [9.17, 15) is 9.35 Å². The third-order valence-electron chi connectivity index (χ3n) is 2.50. The van der Waals surface area contributed by atoms with Gasteiger partial charge in [-0.2, -0.15) is 10.6 Å². The summed E-state index contributed by atoms with van der Waals surface area (Å²) in [4.78, 5) is 15.6. The Hall–Kier alpha value is -1.31. The van der Waals surface area contributed by atoms with Crippen LogP contribution < -0.4 is 10.6 Å². The van der Waals surface area contributed by atoms with Gasteiger partial charge in [-0.25, -0.2) is 4.79 Å². The zero-order valence-corrected chi connectivity index (χ0v) is 12.1. The Balaban J connectivity index is 2.12. The molecule has 19 heavy (non-hydrogen) atoms. The number of nitrogens with zero attached hydrogens (tertiary/aromatic N) is 1. The van der Waals surface area contributed by atoms with E-state index in [4.69, 9.17) is 4.18 Å². The second-order valence-corrected chi connectivity index (χ2v) is 6.77. The van der Waals surface area contributed by atoms with Gasteiger partial charge in [0, 0.05) is 24.8 Å². The Morgan fingerprint density at radius 1 is 1.47 bits per heavy atom. The van der Waals surface area contributed by atoms with Crippen molar-refractivity contribution < 1.29 is 13.5 Å². The zero-order chi connectivity index (χ0) is 14.1. The van der Waals surface area contributed by atoms with Crippen molar-refractivity contribution in [3.8, 4) is 0 Å². The highest BCUT2D eigenvalue weighted by atomic mass is 32.3. The predicted octanol–water partition coefficient (Wildman–Crippen LogP) is 1.74. The van der Waals surface area contributed by atoms with Crippen LogP contribution in [0.3, 0.4) is 0 Å². The molecular formula is C12H21N3O3S. The number of urea groups is 1. The molecule has 6 nitrogen and oxygen atoms in total. The summed E-state index contributed by atoms with van der Waals surface area (Å²) in [6.45, 7) is 0.897. The van der Waals surface area contributed by atoms with Crippen molar-refractivity contribution in [3.05, 3.63) is 30.1 Å². The fourth-order valence-electron chi connectivity index (χ4n) is 1.36. The number of hydrogen-bond donors (Lipinski definition) is 3. The number of aromatic nitrogens is 1. The Kier molecular flexibility index (Phi) is 6.61. The number of amides is 2. The summed E-state index contributed by atoms with van der Waals surface area (Å²) in [5.74, 6) is 0.546. The van der Waals surface area contributed by atoms with Crippen LogP contribution in [-0.2, 0) is 10.7 Å². The topological polar surface area (TPSA) is 83.5 Å². The first kappa shape index (κ1) is 15.7. The number of nitrogens with one attached hydrogen (secondary N) is 2. The van der Waals surface area contributed by atoms with E-state index in [0.717, 1.165) is 5.69 Å². The molecule has 2 amide bonds. The molecule has 3 N–H and O–H groups in total. The van der Waals surface area contributed by atoms with Gasteiger partial charge in [0.25, 0.3) is 0 Å². The van der Waals surface area contributed by atoms with Gasteiger partial charge in [0.15, 0.2) is 0 Å². The summed E-state index contributed by atoms with van der Waals surface area (Å²) < 4.78 is 14.6. The van der Waals surface area contributed by atoms with Crippen LogP contribution in [0.25, 0.3) is 0 Å². The molecule has 0 aromatic carbocycles. The molecule has 0 spiro atoms. The highest BCUT2D eigenvalue weighted by Gasteiger charge is 2.07. The number of rotatable bonds is 7. The molecule has 1 atom stereocenters. The van der Waals surface area contributed by atoms with Crippen LogP contribution in [0.5, 0.6) is 0 Å². The number of carbonyl (C=O) groups is 1. The van der Waals surface area contributed by atoms with Crippen LogP contribution >= 0.6 is 10.6 Å². The number of pyridine rings is 1. The zero-order valence-electron chi connectivity index (χ0n) is 11.3. The predicted molar refractivity (Wildman–Crippen MR) is 77.1 cm³/mol. The first-order chi connectivity index (χ1) is 9.03. The molecule has 0 fully saturated rings. The van der Waals surface area contributed by atoms with Crippen molar-refractivity contribution in [1.82, 2.24) is 15.6 Å². The summed E-state index contributed by atoms with van der Waals surface area (Å²) in [6.07, 6.45) is 4.03. The Labute approximate surface area is 115 Å². The van der Waals surface area contributed by atoms with Gasteiger partial charge in [-0.1, -0.05) is 6.07 Å². The second kappa shape index (κ2) is 7.98. The van der Waals surface area contributed by atoms with Crippen LogP contribution in [0.1, 0.15) is 12.1 Å². The molecule has 0 aliphatic carbocycles. The molecule has 0 bridgehead atoms. The maximum Gasteiger partial charge on any atom is 0.315 e. The molecule has 1 aromatic rings. The standard InChI is InChI=1S/C12H21N3O3S/c1-18-19(2,17)9-5-8-14-12(16)15-10-11-6-3-4-7-13-11/h3-4,6-7,17H,5,8-10H2,1-2H3,(H2,14,15,16). The monoisotopic (exact) mass is 287 g/mol. The van der Waals surface area contributed by atoms with Gasteiger partial charge in [-0.05, 0) is 18.6 Å². The fraction of sp³-hybridized carbons (Fsp3) is 0.500. The lowest BCUT2D eigenvalue weighted by Crippen LogP contribution is -2.36. The SMILES string of the molecule is COS(C)(O)CCCNC(=O)NCc1ccccn1. The molecule has 7 heteroatoms. The third kappa shape index (κ3) is 7.00. The minimum absolute atomic E-state index is 0.238. The average Bonchev–Trinajstić information content (AvgIpc) is 2.42. The lowest BCUT2D eigenvalue weighted by molar-refractivity contribution is 0.240. The summed E-state index contributed by atoms with van der Waals surface area (Å²) >= 11 is 0. The second-order valence-electron chi connectivity index (χ2n) is 4.11. The van der Waals surface area contributed by atoms with Crippen LogP contribution in [0.2, 0.25) is 0 Å². The van der Waals surface area contributed by atoms with E-state index in [1.807, 2.05) is 18.2 Å². The Morgan fingerprint density at radius 2 is 2.26 bits per heavy atom. The summed E-state index contributed by atoms with van der Waals surface area (Å²) in [6, 6.07) is 5.31. The minimum Gasteiger partial charge on any atom is -0.338 e. The molecule has 0 saturated carbocycles. The molecule has 0 radical (unpaired) electrons. The molecule has 108 valence electrons. The van der Waals surface area contributed by atoms with Gasteiger partial charge >= 0.3 is 6.03 Å². The molecular weight excluding hydrogens is 266 g/mol. The van der Waals surface area contributed by atoms with Crippen LogP contribution in [0.4, 0.5) is 4.79 Å². The number of hydrogen-bond acceptors (Lipinski definition) is 4. The highest BCUT2D eigenvalue weighted by Crippen LogP contribution is 2.39. The molecule has 1 heterocycles. The first-order valence-corrected chi connectivity index (χ1v) is 8.08. The first-order valence-electron chi connectivity index (χ1n) is 5.99. The molecule has 0 aliphatic rings.